The van der Waals surface area contributed by atoms with E-state index in [4.69, 9.17) is 11.6 Å². The van der Waals surface area contributed by atoms with Gasteiger partial charge in [-0.25, -0.2) is 4.39 Å². The van der Waals surface area contributed by atoms with E-state index in [-0.39, 0.29) is 10.8 Å². The van der Waals surface area contributed by atoms with Crippen LogP contribution in [-0.4, -0.2) is 12.6 Å². The normalized spacial score (nSPS) is 20.8. The molecule has 2 aliphatic carbocycles. The minimum Gasteiger partial charge on any atom is -0.310 e. The van der Waals surface area contributed by atoms with Crippen LogP contribution in [0.4, 0.5) is 4.39 Å². The van der Waals surface area contributed by atoms with E-state index in [0.717, 1.165) is 6.54 Å². The number of benzene rings is 1. The summed E-state index contributed by atoms with van der Waals surface area (Å²) in [5.41, 5.74) is 1.98. The van der Waals surface area contributed by atoms with E-state index in [0.29, 0.717) is 17.5 Å². The number of hydrogen-bond donors (Lipinski definition) is 1. The molecule has 0 aromatic heterocycles. The van der Waals surface area contributed by atoms with Crippen LogP contribution >= 0.6 is 11.6 Å². The summed E-state index contributed by atoms with van der Waals surface area (Å²) in [6, 6.07) is 5.93. The largest absolute Gasteiger partial charge is 0.310 e. The van der Waals surface area contributed by atoms with E-state index >= 15 is 0 Å². The predicted molar refractivity (Wildman–Crippen MR) is 87.0 cm³/mol. The molecule has 0 spiro atoms. The molecule has 0 radical (unpaired) electrons. The first-order chi connectivity index (χ1) is 10.2. The van der Waals surface area contributed by atoms with Crippen molar-refractivity contribution in [3.05, 3.63) is 40.2 Å². The average molecular weight is 308 g/mol. The zero-order valence-corrected chi connectivity index (χ0v) is 13.1. The maximum absolute atomic E-state index is 14.1. The number of halogens is 2. The summed E-state index contributed by atoms with van der Waals surface area (Å²) < 4.78 is 14.1. The second-order valence-corrected chi connectivity index (χ2v) is 6.76. The molecule has 3 rings (SSSR count). The molecule has 2 fully saturated rings. The topological polar surface area (TPSA) is 12.0 Å². The van der Waals surface area contributed by atoms with Gasteiger partial charge in [0, 0.05) is 18.2 Å². The third-order valence-electron chi connectivity index (χ3n) is 4.62. The van der Waals surface area contributed by atoms with Gasteiger partial charge in [0.2, 0.25) is 0 Å². The van der Waals surface area contributed by atoms with Crippen molar-refractivity contribution in [1.29, 1.82) is 0 Å². The Hall–Kier alpha value is -0.860. The molecule has 1 aromatic rings. The molecule has 0 atom stereocenters. The van der Waals surface area contributed by atoms with Gasteiger partial charge < -0.3 is 5.32 Å². The van der Waals surface area contributed by atoms with Gasteiger partial charge in [-0.05, 0) is 37.7 Å². The second-order valence-electron chi connectivity index (χ2n) is 6.35. The van der Waals surface area contributed by atoms with Crippen LogP contribution < -0.4 is 5.32 Å². The summed E-state index contributed by atoms with van der Waals surface area (Å²) in [4.78, 5) is 0. The molecule has 1 N–H and O–H groups in total. The highest BCUT2D eigenvalue weighted by molar-refractivity contribution is 6.30. The Morgan fingerprint density at radius 2 is 1.95 bits per heavy atom. The van der Waals surface area contributed by atoms with E-state index in [9.17, 15) is 4.39 Å². The minimum atomic E-state index is -0.293. The SMILES string of the molecule is Fc1c(Cl)cccc1/C=C(/CNC1CC1)C1CCCCC1. The fourth-order valence-corrected chi connectivity index (χ4v) is 3.35. The van der Waals surface area contributed by atoms with Gasteiger partial charge in [0.15, 0.2) is 0 Å². The summed E-state index contributed by atoms with van der Waals surface area (Å²) in [6.07, 6.45) is 11.0. The van der Waals surface area contributed by atoms with Crippen LogP contribution in [0.2, 0.25) is 5.02 Å². The molecule has 0 heterocycles. The molecule has 3 heteroatoms. The Bertz CT molecular complexity index is 516. The molecule has 1 aromatic carbocycles. The zero-order chi connectivity index (χ0) is 14.7. The lowest BCUT2D eigenvalue weighted by molar-refractivity contribution is 0.396. The van der Waals surface area contributed by atoms with Gasteiger partial charge in [0.1, 0.15) is 5.82 Å². The first-order valence-corrected chi connectivity index (χ1v) is 8.49. The molecular weight excluding hydrogens is 285 g/mol. The Labute approximate surface area is 131 Å². The molecule has 21 heavy (non-hydrogen) atoms. The maximum atomic E-state index is 14.1. The highest BCUT2D eigenvalue weighted by Crippen LogP contribution is 2.32. The van der Waals surface area contributed by atoms with Crippen molar-refractivity contribution in [3.63, 3.8) is 0 Å². The minimum absolute atomic E-state index is 0.210. The lowest BCUT2D eigenvalue weighted by Gasteiger charge is -2.25. The predicted octanol–water partition coefficient (Wildman–Crippen LogP) is 5.19. The van der Waals surface area contributed by atoms with Crippen LogP contribution in [0.15, 0.2) is 23.8 Å². The van der Waals surface area contributed by atoms with Gasteiger partial charge in [-0.3, -0.25) is 0 Å². The Morgan fingerprint density at radius 1 is 1.19 bits per heavy atom. The van der Waals surface area contributed by atoms with Gasteiger partial charge >= 0.3 is 0 Å². The lowest BCUT2D eigenvalue weighted by Crippen LogP contribution is -2.24. The number of nitrogens with one attached hydrogen (secondary N) is 1. The van der Waals surface area contributed by atoms with Crippen LogP contribution in [0, 0.1) is 11.7 Å². The van der Waals surface area contributed by atoms with Crippen molar-refractivity contribution in [3.8, 4) is 0 Å². The summed E-state index contributed by atoms with van der Waals surface area (Å²) in [6.45, 7) is 0.890. The summed E-state index contributed by atoms with van der Waals surface area (Å²) >= 11 is 5.90. The zero-order valence-electron chi connectivity index (χ0n) is 12.4. The summed E-state index contributed by atoms with van der Waals surface area (Å²) in [7, 11) is 0. The van der Waals surface area contributed by atoms with E-state index in [1.807, 2.05) is 18.2 Å². The van der Waals surface area contributed by atoms with Gasteiger partial charge in [-0.1, -0.05) is 54.6 Å². The van der Waals surface area contributed by atoms with Crippen LogP contribution in [0.3, 0.4) is 0 Å². The summed E-state index contributed by atoms with van der Waals surface area (Å²) in [5.74, 6) is 0.308. The number of rotatable bonds is 5. The van der Waals surface area contributed by atoms with E-state index < -0.39 is 0 Å². The van der Waals surface area contributed by atoms with Gasteiger partial charge in [0.25, 0.3) is 0 Å². The van der Waals surface area contributed by atoms with Crippen LogP contribution in [0.25, 0.3) is 6.08 Å². The molecule has 0 bridgehead atoms. The first-order valence-electron chi connectivity index (χ1n) is 8.12. The van der Waals surface area contributed by atoms with Crippen LogP contribution in [0.5, 0.6) is 0 Å². The quantitative estimate of drug-likeness (QED) is 0.789. The van der Waals surface area contributed by atoms with Crippen molar-refractivity contribution in [2.45, 2.75) is 51.0 Å². The van der Waals surface area contributed by atoms with Crippen LogP contribution in [-0.2, 0) is 0 Å². The molecule has 2 aliphatic rings. The average Bonchev–Trinajstić information content (AvgIpc) is 3.33. The molecule has 2 saturated carbocycles. The molecule has 0 saturated heterocycles. The Balaban J connectivity index is 1.81. The standard InChI is InChI=1S/C18H23ClFN/c19-17-8-4-7-14(18(17)20)11-15(12-21-16-9-10-16)13-5-2-1-3-6-13/h4,7-8,11,13,16,21H,1-3,5-6,9-10,12H2/b15-11-. The fourth-order valence-electron chi connectivity index (χ4n) is 3.17. The highest BCUT2D eigenvalue weighted by atomic mass is 35.5. The Morgan fingerprint density at radius 3 is 2.67 bits per heavy atom. The fraction of sp³-hybridized carbons (Fsp3) is 0.556. The third-order valence-corrected chi connectivity index (χ3v) is 4.92. The van der Waals surface area contributed by atoms with E-state index in [1.165, 1.54) is 50.5 Å². The summed E-state index contributed by atoms with van der Waals surface area (Å²) in [5, 5.41) is 3.79. The monoisotopic (exact) mass is 307 g/mol. The van der Waals surface area contributed by atoms with Gasteiger partial charge in [0.05, 0.1) is 5.02 Å². The van der Waals surface area contributed by atoms with Crippen molar-refractivity contribution < 1.29 is 4.39 Å². The molecular formula is C18H23ClFN. The molecule has 0 unspecified atom stereocenters. The van der Waals surface area contributed by atoms with Gasteiger partial charge in [-0.2, -0.15) is 0 Å². The molecule has 0 amide bonds. The Kier molecular flexibility index (Phi) is 4.97. The van der Waals surface area contributed by atoms with Crippen molar-refractivity contribution in [2.75, 3.05) is 6.54 Å². The number of hydrogen-bond acceptors (Lipinski definition) is 1. The van der Waals surface area contributed by atoms with Crippen LogP contribution in [0.1, 0.15) is 50.5 Å². The van der Waals surface area contributed by atoms with Crippen molar-refractivity contribution >= 4 is 17.7 Å². The van der Waals surface area contributed by atoms with Crippen molar-refractivity contribution in [1.82, 2.24) is 5.32 Å². The van der Waals surface area contributed by atoms with Crippen molar-refractivity contribution in [2.24, 2.45) is 5.92 Å². The molecule has 114 valence electrons. The smallest absolute Gasteiger partial charge is 0.148 e. The van der Waals surface area contributed by atoms with E-state index in [1.54, 1.807) is 6.07 Å². The second kappa shape index (κ2) is 6.93. The molecule has 1 nitrogen and oxygen atoms in total. The van der Waals surface area contributed by atoms with E-state index in [2.05, 4.69) is 5.32 Å². The first kappa shape index (κ1) is 15.1. The lowest BCUT2D eigenvalue weighted by atomic mass is 9.83. The van der Waals surface area contributed by atoms with Gasteiger partial charge in [-0.15, -0.1) is 0 Å². The highest BCUT2D eigenvalue weighted by Gasteiger charge is 2.23. The molecule has 0 aliphatic heterocycles. The third kappa shape index (κ3) is 4.08. The maximum Gasteiger partial charge on any atom is 0.148 e.